The van der Waals surface area contributed by atoms with Crippen LogP contribution in [0, 0.1) is 10.1 Å². The van der Waals surface area contributed by atoms with Crippen LogP contribution in [0.1, 0.15) is 10.4 Å². The van der Waals surface area contributed by atoms with Crippen molar-refractivity contribution in [2.24, 2.45) is 0 Å². The van der Waals surface area contributed by atoms with Crippen molar-refractivity contribution in [3.8, 4) is 0 Å². The summed E-state index contributed by atoms with van der Waals surface area (Å²) in [7, 11) is 0. The van der Waals surface area contributed by atoms with Crippen LogP contribution in [0.3, 0.4) is 0 Å². The molecule has 7 heteroatoms. The van der Waals surface area contributed by atoms with Crippen molar-refractivity contribution in [1.82, 2.24) is 4.98 Å². The molecule has 1 N–H and O–H groups in total. The summed E-state index contributed by atoms with van der Waals surface area (Å²) in [4.78, 5) is 28.3. The molecule has 0 aliphatic carbocycles. The molecule has 1 amide bonds. The smallest absolute Gasteiger partial charge is 0.269 e. The van der Waals surface area contributed by atoms with Crippen LogP contribution in [0.15, 0.2) is 82.8 Å². The van der Waals surface area contributed by atoms with E-state index in [1.165, 1.54) is 23.9 Å². The molecule has 1 heterocycles. The number of non-ortho nitro benzene ring substituents is 1. The number of rotatable bonds is 5. The summed E-state index contributed by atoms with van der Waals surface area (Å²) in [6.07, 6.45) is 3.21. The summed E-state index contributed by atoms with van der Waals surface area (Å²) >= 11 is 1.43. The van der Waals surface area contributed by atoms with Crippen LogP contribution >= 0.6 is 11.8 Å². The Bertz CT molecular complexity index is 899. The minimum atomic E-state index is -0.433. The number of carbonyl (C=O) groups is 1. The van der Waals surface area contributed by atoms with Crippen molar-refractivity contribution in [3.05, 3.63) is 88.7 Å². The number of aromatic nitrogens is 1. The van der Waals surface area contributed by atoms with Crippen molar-refractivity contribution in [2.75, 3.05) is 5.32 Å². The van der Waals surface area contributed by atoms with Gasteiger partial charge >= 0.3 is 0 Å². The fraction of sp³-hybridized carbons (Fsp3) is 0. The molecule has 0 aliphatic rings. The highest BCUT2D eigenvalue weighted by atomic mass is 32.2. The number of benzene rings is 2. The van der Waals surface area contributed by atoms with E-state index >= 15 is 0 Å². The largest absolute Gasteiger partial charge is 0.321 e. The molecule has 6 nitrogen and oxygen atoms in total. The molecule has 3 rings (SSSR count). The first-order valence-corrected chi connectivity index (χ1v) is 8.17. The average molecular weight is 351 g/mol. The standard InChI is InChI=1S/C18H13N3O3S/c22-18(20-14-4-2-10-19-12-14)13-3-1-5-17(11-13)25-16-8-6-15(7-9-16)21(23)24/h1-12H,(H,20,22). The number of amides is 1. The van der Waals surface area contributed by atoms with Gasteiger partial charge in [-0.05, 0) is 42.5 Å². The lowest BCUT2D eigenvalue weighted by Gasteiger charge is -2.07. The van der Waals surface area contributed by atoms with Gasteiger partial charge in [0.15, 0.2) is 0 Å². The average Bonchev–Trinajstić information content (AvgIpc) is 2.63. The molecule has 0 saturated heterocycles. The van der Waals surface area contributed by atoms with Gasteiger partial charge in [0.25, 0.3) is 11.6 Å². The summed E-state index contributed by atoms with van der Waals surface area (Å²) in [5.41, 5.74) is 1.20. The van der Waals surface area contributed by atoms with Crippen molar-refractivity contribution in [3.63, 3.8) is 0 Å². The van der Waals surface area contributed by atoms with Gasteiger partial charge in [-0.3, -0.25) is 19.9 Å². The Morgan fingerprint density at radius 3 is 2.52 bits per heavy atom. The quantitative estimate of drug-likeness (QED) is 0.544. The second kappa shape index (κ2) is 7.59. The summed E-state index contributed by atoms with van der Waals surface area (Å²) in [6, 6.07) is 17.0. The number of anilines is 1. The first-order chi connectivity index (χ1) is 12.1. The highest BCUT2D eigenvalue weighted by Gasteiger charge is 2.09. The number of nitro groups is 1. The maximum Gasteiger partial charge on any atom is 0.269 e. The van der Waals surface area contributed by atoms with Gasteiger partial charge in [-0.25, -0.2) is 0 Å². The number of carbonyl (C=O) groups excluding carboxylic acids is 1. The maximum absolute atomic E-state index is 12.3. The third-order valence-corrected chi connectivity index (χ3v) is 4.30. The zero-order valence-corrected chi connectivity index (χ0v) is 13.8. The van der Waals surface area contributed by atoms with Gasteiger partial charge in [0.2, 0.25) is 0 Å². The molecule has 25 heavy (non-hydrogen) atoms. The van der Waals surface area contributed by atoms with Crippen LogP contribution in [0.4, 0.5) is 11.4 Å². The van der Waals surface area contributed by atoms with E-state index in [0.29, 0.717) is 11.3 Å². The topological polar surface area (TPSA) is 85.1 Å². The van der Waals surface area contributed by atoms with Gasteiger partial charge < -0.3 is 5.32 Å². The van der Waals surface area contributed by atoms with E-state index in [9.17, 15) is 14.9 Å². The first kappa shape index (κ1) is 16.7. The van der Waals surface area contributed by atoms with Crippen molar-refractivity contribution in [2.45, 2.75) is 9.79 Å². The molecule has 1 aromatic heterocycles. The molecule has 0 fully saturated rings. The monoisotopic (exact) mass is 351 g/mol. The van der Waals surface area contributed by atoms with Crippen molar-refractivity contribution >= 4 is 29.0 Å². The van der Waals surface area contributed by atoms with E-state index in [1.807, 2.05) is 6.07 Å². The molecule has 0 bridgehead atoms. The van der Waals surface area contributed by atoms with E-state index in [-0.39, 0.29) is 11.6 Å². The van der Waals surface area contributed by atoms with Gasteiger partial charge in [0.1, 0.15) is 0 Å². The van der Waals surface area contributed by atoms with E-state index in [1.54, 1.807) is 54.9 Å². The predicted molar refractivity (Wildman–Crippen MR) is 95.9 cm³/mol. The summed E-state index contributed by atoms with van der Waals surface area (Å²) in [5, 5.41) is 13.5. The van der Waals surface area contributed by atoms with Gasteiger partial charge in [0, 0.05) is 33.7 Å². The molecule has 0 atom stereocenters. The molecule has 0 unspecified atom stereocenters. The van der Waals surface area contributed by atoms with Crippen LogP contribution in [0.25, 0.3) is 0 Å². The zero-order valence-electron chi connectivity index (χ0n) is 13.0. The van der Waals surface area contributed by atoms with Crippen molar-refractivity contribution in [1.29, 1.82) is 0 Å². The number of nitro benzene ring substituents is 1. The Labute approximate surface area is 148 Å². The molecule has 0 spiro atoms. The summed E-state index contributed by atoms with van der Waals surface area (Å²) < 4.78 is 0. The molecule has 3 aromatic rings. The Morgan fingerprint density at radius 1 is 1.04 bits per heavy atom. The minimum Gasteiger partial charge on any atom is -0.321 e. The van der Waals surface area contributed by atoms with Crippen LogP contribution in [0.5, 0.6) is 0 Å². The predicted octanol–water partition coefficient (Wildman–Crippen LogP) is 4.39. The zero-order chi connectivity index (χ0) is 17.6. The van der Waals surface area contributed by atoms with E-state index in [4.69, 9.17) is 0 Å². The molecular weight excluding hydrogens is 338 g/mol. The lowest BCUT2D eigenvalue weighted by molar-refractivity contribution is -0.384. The molecule has 2 aromatic carbocycles. The molecular formula is C18H13N3O3S. The van der Waals surface area contributed by atoms with Crippen LogP contribution in [0.2, 0.25) is 0 Å². The fourth-order valence-corrected chi connectivity index (χ4v) is 2.99. The number of nitrogens with one attached hydrogen (secondary N) is 1. The van der Waals surface area contributed by atoms with Crippen molar-refractivity contribution < 1.29 is 9.72 Å². The van der Waals surface area contributed by atoms with Crippen LogP contribution < -0.4 is 5.32 Å². The maximum atomic E-state index is 12.3. The first-order valence-electron chi connectivity index (χ1n) is 7.35. The number of hydrogen-bond acceptors (Lipinski definition) is 5. The Balaban J connectivity index is 1.72. The normalized spacial score (nSPS) is 10.2. The summed E-state index contributed by atoms with van der Waals surface area (Å²) in [5.74, 6) is -0.223. The second-order valence-electron chi connectivity index (χ2n) is 5.08. The van der Waals surface area contributed by atoms with E-state index < -0.39 is 4.92 Å². The lowest BCUT2D eigenvalue weighted by Crippen LogP contribution is -2.11. The minimum absolute atomic E-state index is 0.0500. The van der Waals surface area contributed by atoms with E-state index in [0.717, 1.165) is 9.79 Å². The molecule has 0 aliphatic heterocycles. The number of nitrogens with zero attached hydrogens (tertiary/aromatic N) is 2. The third-order valence-electron chi connectivity index (χ3n) is 3.30. The Morgan fingerprint density at radius 2 is 1.84 bits per heavy atom. The molecule has 0 saturated carbocycles. The van der Waals surface area contributed by atoms with Gasteiger partial charge in [-0.1, -0.05) is 17.8 Å². The highest BCUT2D eigenvalue weighted by Crippen LogP contribution is 2.29. The lowest BCUT2D eigenvalue weighted by atomic mass is 10.2. The summed E-state index contributed by atoms with van der Waals surface area (Å²) in [6.45, 7) is 0. The van der Waals surface area contributed by atoms with E-state index in [2.05, 4.69) is 10.3 Å². The Kier molecular flexibility index (Phi) is 5.06. The fourth-order valence-electron chi connectivity index (χ4n) is 2.11. The number of pyridine rings is 1. The van der Waals surface area contributed by atoms with Gasteiger partial charge in [0.05, 0.1) is 16.8 Å². The van der Waals surface area contributed by atoms with Gasteiger partial charge in [-0.2, -0.15) is 0 Å². The number of hydrogen-bond donors (Lipinski definition) is 1. The van der Waals surface area contributed by atoms with Gasteiger partial charge in [-0.15, -0.1) is 0 Å². The molecule has 124 valence electrons. The third kappa shape index (κ3) is 4.42. The molecule has 0 radical (unpaired) electrons. The van der Waals surface area contributed by atoms with Crippen LogP contribution in [-0.2, 0) is 0 Å². The van der Waals surface area contributed by atoms with Crippen LogP contribution in [-0.4, -0.2) is 15.8 Å². The Hall–Kier alpha value is -3.19. The second-order valence-corrected chi connectivity index (χ2v) is 6.22. The SMILES string of the molecule is O=C(Nc1cccnc1)c1cccc(Sc2ccc([N+](=O)[O-])cc2)c1. The highest BCUT2D eigenvalue weighted by molar-refractivity contribution is 7.99.